The van der Waals surface area contributed by atoms with Crippen molar-refractivity contribution in [3.8, 4) is 0 Å². The second kappa shape index (κ2) is 7.54. The Balaban J connectivity index is 1.61. The van der Waals surface area contributed by atoms with E-state index >= 15 is 0 Å². The first-order valence-corrected chi connectivity index (χ1v) is 12.0. The van der Waals surface area contributed by atoms with Gasteiger partial charge in [-0.3, -0.25) is 4.79 Å². The maximum Gasteiger partial charge on any atom is 0.229 e. The molecule has 0 bridgehead atoms. The minimum absolute atomic E-state index is 0.0600. The van der Waals surface area contributed by atoms with Gasteiger partial charge in [0.2, 0.25) is 5.91 Å². The van der Waals surface area contributed by atoms with Gasteiger partial charge in [0, 0.05) is 11.5 Å². The van der Waals surface area contributed by atoms with Gasteiger partial charge < -0.3 is 5.32 Å². The second-order valence-electron chi connectivity index (χ2n) is 9.03. The predicted molar refractivity (Wildman–Crippen MR) is 120 cm³/mol. The monoisotopic (exact) mass is 425 g/mol. The van der Waals surface area contributed by atoms with Crippen LogP contribution >= 0.6 is 0 Å². The topological polar surface area (TPSA) is 81.1 Å². The number of carbonyl (C=O) groups excluding carboxylic acids is 1. The van der Waals surface area contributed by atoms with Gasteiger partial charge in [-0.25, -0.2) is 13.1 Å². The Labute approximate surface area is 177 Å². The fourth-order valence-electron chi connectivity index (χ4n) is 3.91. The molecule has 4 rings (SSSR count). The normalized spacial score (nSPS) is 18.6. The standard InChI is InChI=1S/C23H27N3O3S/c1-23(2,3)20-14-21(26(25-20)18-11-12-30(28,29)15-18)24-22(27)13-17-9-6-8-16-7-4-5-10-19(16)17/h4-10,14,18H,11-13,15H2,1-3H3,(H,24,27). The quantitative estimate of drug-likeness (QED) is 0.688. The minimum atomic E-state index is -3.06. The average molecular weight is 426 g/mol. The van der Waals surface area contributed by atoms with Gasteiger partial charge in [0.25, 0.3) is 0 Å². The SMILES string of the molecule is CC(C)(C)c1cc(NC(=O)Cc2cccc3ccccc23)n(C2CCS(=O)(=O)C2)n1. The summed E-state index contributed by atoms with van der Waals surface area (Å²) in [5.41, 5.74) is 1.57. The number of rotatable bonds is 4. The number of nitrogens with zero attached hydrogens (tertiary/aromatic N) is 2. The summed E-state index contributed by atoms with van der Waals surface area (Å²) in [5.74, 6) is 0.636. The number of hydrogen-bond donors (Lipinski definition) is 1. The van der Waals surface area contributed by atoms with Crippen molar-refractivity contribution in [3.05, 3.63) is 59.8 Å². The van der Waals surface area contributed by atoms with Crippen molar-refractivity contribution in [1.29, 1.82) is 0 Å². The number of hydrogen-bond acceptors (Lipinski definition) is 4. The van der Waals surface area contributed by atoms with E-state index in [4.69, 9.17) is 0 Å². The molecule has 2 aromatic carbocycles. The van der Waals surface area contributed by atoms with Gasteiger partial charge in [0.15, 0.2) is 9.84 Å². The van der Waals surface area contributed by atoms with Crippen molar-refractivity contribution < 1.29 is 13.2 Å². The van der Waals surface area contributed by atoms with Crippen LogP contribution in [0.4, 0.5) is 5.82 Å². The van der Waals surface area contributed by atoms with Crippen LogP contribution in [-0.4, -0.2) is 35.6 Å². The largest absolute Gasteiger partial charge is 0.311 e. The van der Waals surface area contributed by atoms with E-state index in [2.05, 4.69) is 10.4 Å². The molecule has 1 aromatic heterocycles. The maximum atomic E-state index is 12.9. The molecule has 1 N–H and O–H groups in total. The van der Waals surface area contributed by atoms with E-state index in [1.54, 1.807) is 4.68 Å². The lowest BCUT2D eigenvalue weighted by Gasteiger charge is -2.15. The Morgan fingerprint density at radius 3 is 2.60 bits per heavy atom. The van der Waals surface area contributed by atoms with Gasteiger partial charge in [-0.15, -0.1) is 0 Å². The first-order chi connectivity index (χ1) is 14.1. The highest BCUT2D eigenvalue weighted by Crippen LogP contribution is 2.31. The zero-order chi connectivity index (χ0) is 21.5. The predicted octanol–water partition coefficient (Wildman–Crippen LogP) is 3.87. The molecular formula is C23H27N3O3S. The van der Waals surface area contributed by atoms with E-state index in [1.165, 1.54) is 0 Å². The molecule has 6 nitrogen and oxygen atoms in total. The number of amides is 1. The van der Waals surface area contributed by atoms with Crippen molar-refractivity contribution in [2.45, 2.75) is 45.1 Å². The highest BCUT2D eigenvalue weighted by atomic mass is 32.2. The first-order valence-electron chi connectivity index (χ1n) is 10.2. The van der Waals surface area contributed by atoms with Crippen LogP contribution in [0.15, 0.2) is 48.5 Å². The molecule has 0 aliphatic carbocycles. The van der Waals surface area contributed by atoms with Crippen LogP contribution in [0, 0.1) is 0 Å². The molecule has 1 fully saturated rings. The summed E-state index contributed by atoms with van der Waals surface area (Å²) >= 11 is 0. The second-order valence-corrected chi connectivity index (χ2v) is 11.3. The van der Waals surface area contributed by atoms with Crippen LogP contribution in [0.5, 0.6) is 0 Å². The molecule has 0 spiro atoms. The van der Waals surface area contributed by atoms with Crippen LogP contribution in [-0.2, 0) is 26.5 Å². The third-order valence-corrected chi connectivity index (χ3v) is 7.31. The lowest BCUT2D eigenvalue weighted by molar-refractivity contribution is -0.115. The number of sulfone groups is 1. The molecular weight excluding hydrogens is 398 g/mol. The highest BCUT2D eigenvalue weighted by molar-refractivity contribution is 7.91. The molecule has 7 heteroatoms. The fraction of sp³-hybridized carbons (Fsp3) is 0.391. The summed E-state index contributed by atoms with van der Waals surface area (Å²) < 4.78 is 25.7. The van der Waals surface area contributed by atoms with E-state index in [0.717, 1.165) is 22.0 Å². The molecule has 1 amide bonds. The van der Waals surface area contributed by atoms with Gasteiger partial charge in [0.05, 0.1) is 29.7 Å². The van der Waals surface area contributed by atoms with Gasteiger partial charge in [-0.2, -0.15) is 5.10 Å². The third kappa shape index (κ3) is 4.26. The van der Waals surface area contributed by atoms with E-state index in [0.29, 0.717) is 12.2 Å². The first kappa shape index (κ1) is 20.6. The van der Waals surface area contributed by atoms with Crippen molar-refractivity contribution in [1.82, 2.24) is 9.78 Å². The van der Waals surface area contributed by atoms with Crippen molar-refractivity contribution in [2.24, 2.45) is 0 Å². The number of benzene rings is 2. The van der Waals surface area contributed by atoms with E-state index < -0.39 is 9.84 Å². The van der Waals surface area contributed by atoms with E-state index in [-0.39, 0.29) is 35.3 Å². The molecule has 1 aliphatic heterocycles. The Morgan fingerprint density at radius 1 is 1.17 bits per heavy atom. The maximum absolute atomic E-state index is 12.9. The molecule has 1 saturated heterocycles. The molecule has 30 heavy (non-hydrogen) atoms. The summed E-state index contributed by atoms with van der Waals surface area (Å²) in [5, 5.41) is 9.82. The van der Waals surface area contributed by atoms with Gasteiger partial charge in [0.1, 0.15) is 5.82 Å². The Kier molecular flexibility index (Phi) is 5.18. The number of fused-ring (bicyclic) bond motifs is 1. The van der Waals surface area contributed by atoms with Gasteiger partial charge in [-0.05, 0) is 22.8 Å². The minimum Gasteiger partial charge on any atom is -0.311 e. The zero-order valence-electron chi connectivity index (χ0n) is 17.6. The van der Waals surface area contributed by atoms with Gasteiger partial charge in [-0.1, -0.05) is 63.2 Å². The van der Waals surface area contributed by atoms with Crippen LogP contribution in [0.25, 0.3) is 10.8 Å². The van der Waals surface area contributed by atoms with Crippen molar-refractivity contribution in [3.63, 3.8) is 0 Å². The van der Waals surface area contributed by atoms with Crippen molar-refractivity contribution in [2.75, 3.05) is 16.8 Å². The number of aromatic nitrogens is 2. The lowest BCUT2D eigenvalue weighted by Crippen LogP contribution is -2.21. The van der Waals surface area contributed by atoms with E-state index in [1.807, 2.05) is 69.3 Å². The Morgan fingerprint density at radius 2 is 1.90 bits per heavy atom. The van der Waals surface area contributed by atoms with Gasteiger partial charge >= 0.3 is 0 Å². The number of carbonyl (C=O) groups is 1. The Hall–Kier alpha value is -2.67. The molecule has 1 aliphatic rings. The lowest BCUT2D eigenvalue weighted by atomic mass is 9.92. The summed E-state index contributed by atoms with van der Waals surface area (Å²) in [7, 11) is -3.06. The molecule has 0 saturated carbocycles. The number of anilines is 1. The van der Waals surface area contributed by atoms with Crippen LogP contribution < -0.4 is 5.32 Å². The fourth-order valence-corrected chi connectivity index (χ4v) is 5.60. The molecule has 1 atom stereocenters. The third-order valence-electron chi connectivity index (χ3n) is 5.56. The highest BCUT2D eigenvalue weighted by Gasteiger charge is 2.32. The van der Waals surface area contributed by atoms with Crippen molar-refractivity contribution >= 4 is 32.3 Å². The smallest absolute Gasteiger partial charge is 0.229 e. The summed E-state index contributed by atoms with van der Waals surface area (Å²) in [4.78, 5) is 12.9. The molecule has 2 heterocycles. The number of nitrogens with one attached hydrogen (secondary N) is 1. The zero-order valence-corrected chi connectivity index (χ0v) is 18.4. The molecule has 1 unspecified atom stereocenters. The average Bonchev–Trinajstić information content (AvgIpc) is 3.25. The summed E-state index contributed by atoms with van der Waals surface area (Å²) in [6.45, 7) is 6.15. The molecule has 0 radical (unpaired) electrons. The summed E-state index contributed by atoms with van der Waals surface area (Å²) in [6, 6.07) is 15.6. The van der Waals surface area contributed by atoms with E-state index in [9.17, 15) is 13.2 Å². The summed E-state index contributed by atoms with van der Waals surface area (Å²) in [6.07, 6.45) is 0.750. The van der Waals surface area contributed by atoms with Crippen LogP contribution in [0.1, 0.15) is 44.5 Å². The van der Waals surface area contributed by atoms with Crippen LogP contribution in [0.3, 0.4) is 0 Å². The Bertz CT molecular complexity index is 1200. The molecule has 158 valence electrons. The molecule has 3 aromatic rings. The van der Waals surface area contributed by atoms with Crippen LogP contribution in [0.2, 0.25) is 0 Å².